The molecule has 46 heavy (non-hydrogen) atoms. The number of anilines is 2. The van der Waals surface area contributed by atoms with Gasteiger partial charge >= 0.3 is 12.1 Å². The number of carbonyl (C=O) groups excluding carboxylic acids is 2. The molecule has 0 saturated heterocycles. The lowest BCUT2D eigenvalue weighted by Gasteiger charge is -2.08. The topological polar surface area (TPSA) is 225 Å². The average molecular weight is 632 g/mol. The molecule has 2 aliphatic rings. The van der Waals surface area contributed by atoms with Crippen molar-refractivity contribution in [2.45, 2.75) is 24.9 Å². The lowest BCUT2D eigenvalue weighted by atomic mass is 10.2. The number of nitro benzene ring substituents is 2. The highest BCUT2D eigenvalue weighted by atomic mass is 16.6. The summed E-state index contributed by atoms with van der Waals surface area (Å²) < 4.78 is 11.5. The fourth-order valence-electron chi connectivity index (χ4n) is 4.47. The number of non-ortho nitro benzene ring substituents is 2. The SMILES string of the molecule is O=C(NCC[C@H]1COC(c2cccc(C3=N[C@@H](CCNC(=O)Nc4ccc([N+](=O)[O-])cc4)CO3)n2)=N1)Nc1ccc([N+](=O)[O-])cc1. The van der Waals surface area contributed by atoms with Crippen molar-refractivity contribution in [3.63, 3.8) is 0 Å². The summed E-state index contributed by atoms with van der Waals surface area (Å²) in [6.07, 6.45) is 1.04. The number of hydrogen-bond acceptors (Lipinski definition) is 11. The van der Waals surface area contributed by atoms with Crippen LogP contribution in [0.5, 0.6) is 0 Å². The lowest BCUT2D eigenvalue weighted by molar-refractivity contribution is -0.385. The van der Waals surface area contributed by atoms with Crippen molar-refractivity contribution in [3.05, 3.63) is 98.3 Å². The maximum atomic E-state index is 12.2. The molecule has 2 aromatic carbocycles. The van der Waals surface area contributed by atoms with Gasteiger partial charge in [0.05, 0.1) is 21.9 Å². The third-order valence-corrected chi connectivity index (χ3v) is 6.81. The Morgan fingerprint density at radius 1 is 0.696 bits per heavy atom. The fraction of sp³-hybridized carbons (Fsp3) is 0.276. The van der Waals surface area contributed by atoms with Gasteiger partial charge < -0.3 is 30.7 Å². The standard InChI is InChI=1S/C29H29N9O8/c39-28(34-18-4-8-22(9-5-18)37(41)42)30-14-12-20-16-45-26(32-20)24-2-1-3-25(36-24)27-33-21(17-46-27)13-15-31-29(40)35-19-6-10-23(11-7-19)38(43)44/h1-11,20-21H,12-17H2,(H2,30,34,39)(H2,31,35,40)/t20-,21-/m0/s1. The predicted molar refractivity (Wildman–Crippen MR) is 166 cm³/mol. The van der Waals surface area contributed by atoms with Gasteiger partial charge in [-0.3, -0.25) is 20.2 Å². The van der Waals surface area contributed by atoms with E-state index in [0.29, 0.717) is 73.7 Å². The highest BCUT2D eigenvalue weighted by molar-refractivity contribution is 5.97. The summed E-state index contributed by atoms with van der Waals surface area (Å²) in [5.74, 6) is 0.751. The second-order valence-corrected chi connectivity index (χ2v) is 10.2. The maximum absolute atomic E-state index is 12.2. The summed E-state index contributed by atoms with van der Waals surface area (Å²) in [5.41, 5.74) is 1.77. The molecule has 0 fully saturated rings. The molecule has 0 aliphatic carbocycles. The molecule has 0 spiro atoms. The fourth-order valence-corrected chi connectivity index (χ4v) is 4.47. The van der Waals surface area contributed by atoms with Gasteiger partial charge in [-0.2, -0.15) is 0 Å². The highest BCUT2D eigenvalue weighted by Gasteiger charge is 2.24. The van der Waals surface area contributed by atoms with Crippen LogP contribution in [0.15, 0.2) is 76.7 Å². The van der Waals surface area contributed by atoms with Crippen LogP contribution in [0.3, 0.4) is 0 Å². The molecule has 0 bridgehead atoms. The number of nitrogens with one attached hydrogen (secondary N) is 4. The Morgan fingerprint density at radius 3 is 1.50 bits per heavy atom. The van der Waals surface area contributed by atoms with Gasteiger partial charge in [0, 0.05) is 48.7 Å². The average Bonchev–Trinajstić information content (AvgIpc) is 3.72. The van der Waals surface area contributed by atoms with Gasteiger partial charge in [0.25, 0.3) is 11.4 Å². The monoisotopic (exact) mass is 631 g/mol. The molecule has 0 radical (unpaired) electrons. The van der Waals surface area contributed by atoms with E-state index in [2.05, 4.69) is 36.2 Å². The van der Waals surface area contributed by atoms with Gasteiger partial charge in [-0.15, -0.1) is 0 Å². The Balaban J connectivity index is 1.05. The van der Waals surface area contributed by atoms with E-state index < -0.39 is 21.9 Å². The Kier molecular flexibility index (Phi) is 9.91. The van der Waals surface area contributed by atoms with Crippen LogP contribution in [0.4, 0.5) is 32.3 Å². The number of hydrogen-bond donors (Lipinski definition) is 4. The number of aliphatic imine (C=N–C) groups is 2. The van der Waals surface area contributed by atoms with Gasteiger partial charge in [-0.1, -0.05) is 6.07 Å². The number of aromatic nitrogens is 1. The molecule has 3 heterocycles. The third kappa shape index (κ3) is 8.49. The summed E-state index contributed by atoms with van der Waals surface area (Å²) in [6.45, 7) is 1.32. The van der Waals surface area contributed by atoms with E-state index in [-0.39, 0.29) is 23.5 Å². The summed E-state index contributed by atoms with van der Waals surface area (Å²) in [5, 5.41) is 32.2. The minimum absolute atomic E-state index is 0.0647. The number of nitrogens with zero attached hydrogens (tertiary/aromatic N) is 5. The summed E-state index contributed by atoms with van der Waals surface area (Å²) in [4.78, 5) is 58.6. The van der Waals surface area contributed by atoms with Crippen LogP contribution in [-0.2, 0) is 9.47 Å². The van der Waals surface area contributed by atoms with E-state index in [1.165, 1.54) is 48.5 Å². The zero-order chi connectivity index (χ0) is 32.5. The van der Waals surface area contributed by atoms with Crippen molar-refractivity contribution < 1.29 is 28.9 Å². The minimum atomic E-state index is -0.513. The molecule has 17 nitrogen and oxygen atoms in total. The van der Waals surface area contributed by atoms with Crippen LogP contribution < -0.4 is 21.3 Å². The van der Waals surface area contributed by atoms with Gasteiger partial charge in [0.2, 0.25) is 11.8 Å². The first-order valence-electron chi connectivity index (χ1n) is 14.2. The van der Waals surface area contributed by atoms with E-state index in [1.807, 2.05) is 0 Å². The van der Waals surface area contributed by atoms with Crippen molar-refractivity contribution in [3.8, 4) is 0 Å². The number of rotatable bonds is 12. The summed E-state index contributed by atoms with van der Waals surface area (Å²) >= 11 is 0. The first-order chi connectivity index (χ1) is 22.2. The molecular weight excluding hydrogens is 602 g/mol. The van der Waals surface area contributed by atoms with Crippen LogP contribution in [-0.4, -0.2) is 77.1 Å². The predicted octanol–water partition coefficient (Wildman–Crippen LogP) is 3.61. The number of urea groups is 2. The Labute approximate surface area is 261 Å². The molecule has 3 aromatic rings. The third-order valence-electron chi connectivity index (χ3n) is 6.81. The number of amides is 4. The van der Waals surface area contributed by atoms with Gasteiger partial charge in [-0.05, 0) is 49.2 Å². The van der Waals surface area contributed by atoms with Crippen LogP contribution in [0.2, 0.25) is 0 Å². The Bertz CT molecular complexity index is 1540. The molecule has 0 unspecified atom stereocenters. The first-order valence-corrected chi connectivity index (χ1v) is 14.2. The second-order valence-electron chi connectivity index (χ2n) is 10.2. The van der Waals surface area contributed by atoms with Gasteiger partial charge in [0.15, 0.2) is 0 Å². The van der Waals surface area contributed by atoms with Crippen molar-refractivity contribution >= 4 is 46.6 Å². The summed E-state index contributed by atoms with van der Waals surface area (Å²) in [7, 11) is 0. The highest BCUT2D eigenvalue weighted by Crippen LogP contribution is 2.18. The van der Waals surface area contributed by atoms with E-state index in [1.54, 1.807) is 18.2 Å². The quantitative estimate of drug-likeness (QED) is 0.169. The van der Waals surface area contributed by atoms with Crippen molar-refractivity contribution in [1.29, 1.82) is 0 Å². The van der Waals surface area contributed by atoms with E-state index in [9.17, 15) is 29.8 Å². The molecule has 5 rings (SSSR count). The van der Waals surface area contributed by atoms with Crippen molar-refractivity contribution in [1.82, 2.24) is 15.6 Å². The first kappa shape index (κ1) is 31.3. The van der Waals surface area contributed by atoms with Gasteiger partial charge in [-0.25, -0.2) is 24.6 Å². The molecule has 2 atom stereocenters. The largest absolute Gasteiger partial charge is 0.474 e. The Hall–Kier alpha value is -6.13. The van der Waals surface area contributed by atoms with E-state index >= 15 is 0 Å². The molecule has 1 aromatic heterocycles. The molecule has 238 valence electrons. The molecule has 4 amide bonds. The number of benzene rings is 2. The van der Waals surface area contributed by atoms with E-state index in [4.69, 9.17) is 9.47 Å². The molecular formula is C29H29N9O8. The number of carbonyl (C=O) groups is 2. The molecule has 0 saturated carbocycles. The Morgan fingerprint density at radius 2 is 1.11 bits per heavy atom. The normalized spacial score (nSPS) is 16.7. The van der Waals surface area contributed by atoms with Crippen LogP contribution >= 0.6 is 0 Å². The zero-order valence-corrected chi connectivity index (χ0v) is 24.3. The smallest absolute Gasteiger partial charge is 0.319 e. The van der Waals surface area contributed by atoms with Gasteiger partial charge in [0.1, 0.15) is 24.6 Å². The van der Waals surface area contributed by atoms with E-state index in [0.717, 1.165) is 0 Å². The maximum Gasteiger partial charge on any atom is 0.319 e. The van der Waals surface area contributed by atoms with Crippen LogP contribution in [0.25, 0.3) is 0 Å². The molecule has 17 heteroatoms. The zero-order valence-electron chi connectivity index (χ0n) is 24.3. The molecule has 4 N–H and O–H groups in total. The molecule has 2 aliphatic heterocycles. The minimum Gasteiger partial charge on any atom is -0.474 e. The van der Waals surface area contributed by atoms with Crippen molar-refractivity contribution in [2.24, 2.45) is 9.98 Å². The second kappa shape index (κ2) is 14.6. The number of ether oxygens (including phenoxy) is 2. The number of nitro groups is 2. The summed E-state index contributed by atoms with van der Waals surface area (Å²) in [6, 6.07) is 15.1. The number of pyridine rings is 1. The lowest BCUT2D eigenvalue weighted by Crippen LogP contribution is -2.31. The van der Waals surface area contributed by atoms with Crippen molar-refractivity contribution in [2.75, 3.05) is 36.9 Å². The van der Waals surface area contributed by atoms with Crippen LogP contribution in [0, 0.1) is 20.2 Å². The van der Waals surface area contributed by atoms with Crippen LogP contribution in [0.1, 0.15) is 24.2 Å².